The molecule has 0 bridgehead atoms. The van der Waals surface area contributed by atoms with Crippen molar-refractivity contribution < 1.29 is 0 Å². The quantitative estimate of drug-likeness (QED) is 0.804. The van der Waals surface area contributed by atoms with Crippen molar-refractivity contribution in [1.29, 1.82) is 0 Å². The number of halogens is 1. The van der Waals surface area contributed by atoms with Gasteiger partial charge in [-0.1, -0.05) is 41.1 Å². The van der Waals surface area contributed by atoms with E-state index in [-0.39, 0.29) is 0 Å². The molecule has 0 saturated carbocycles. The van der Waals surface area contributed by atoms with Crippen LogP contribution in [0.1, 0.15) is 19.4 Å². The number of benzene rings is 1. The molecule has 18 heavy (non-hydrogen) atoms. The summed E-state index contributed by atoms with van der Waals surface area (Å²) in [5.74, 6) is 0. The summed E-state index contributed by atoms with van der Waals surface area (Å²) in [4.78, 5) is 5.87. The van der Waals surface area contributed by atoms with Crippen LogP contribution in [0.25, 0.3) is 10.9 Å². The monoisotopic (exact) mass is 308 g/mol. The fraction of sp³-hybridized carbons (Fsp3) is 0.467. The van der Waals surface area contributed by atoms with E-state index < -0.39 is 0 Å². The normalized spacial score (nSPS) is 13.3. The van der Waals surface area contributed by atoms with Crippen molar-refractivity contribution in [1.82, 2.24) is 9.88 Å². The number of hydrogen-bond acceptors (Lipinski definition) is 1. The van der Waals surface area contributed by atoms with Crippen LogP contribution in [0.4, 0.5) is 0 Å². The van der Waals surface area contributed by atoms with Gasteiger partial charge in [0.25, 0.3) is 0 Å². The van der Waals surface area contributed by atoms with E-state index in [1.165, 1.54) is 16.5 Å². The molecule has 0 aliphatic carbocycles. The lowest BCUT2D eigenvalue weighted by Gasteiger charge is -2.26. The zero-order chi connectivity index (χ0) is 13.0. The predicted molar refractivity (Wildman–Crippen MR) is 82.5 cm³/mol. The van der Waals surface area contributed by atoms with E-state index in [0.29, 0.717) is 6.04 Å². The molecule has 2 nitrogen and oxygen atoms in total. The van der Waals surface area contributed by atoms with Crippen LogP contribution < -0.4 is 0 Å². The molecule has 0 fully saturated rings. The molecule has 1 heterocycles. The number of alkyl halides is 1. The van der Waals surface area contributed by atoms with Gasteiger partial charge in [0.1, 0.15) is 0 Å². The molecule has 1 atom stereocenters. The first-order chi connectivity index (χ1) is 8.76. The second-order valence-corrected chi connectivity index (χ2v) is 5.52. The van der Waals surface area contributed by atoms with Gasteiger partial charge >= 0.3 is 0 Å². The van der Waals surface area contributed by atoms with E-state index in [1.807, 2.05) is 0 Å². The Labute approximate surface area is 118 Å². The Morgan fingerprint density at radius 1 is 1.33 bits per heavy atom. The van der Waals surface area contributed by atoms with Crippen molar-refractivity contribution in [2.24, 2.45) is 0 Å². The molecule has 3 heteroatoms. The first-order valence-corrected chi connectivity index (χ1v) is 7.73. The van der Waals surface area contributed by atoms with E-state index in [4.69, 9.17) is 0 Å². The summed E-state index contributed by atoms with van der Waals surface area (Å²) >= 11 is 3.53. The van der Waals surface area contributed by atoms with Gasteiger partial charge in [-0.3, -0.25) is 4.90 Å². The molecule has 1 aromatic heterocycles. The third-order valence-corrected chi connectivity index (χ3v) is 3.95. The van der Waals surface area contributed by atoms with Crippen LogP contribution in [0.3, 0.4) is 0 Å². The maximum absolute atomic E-state index is 3.53. The summed E-state index contributed by atoms with van der Waals surface area (Å²) in [6.45, 7) is 6.76. The smallest absolute Gasteiger partial charge is 0.0456 e. The molecule has 1 N–H and O–H groups in total. The lowest BCUT2D eigenvalue weighted by atomic mass is 10.1. The highest BCUT2D eigenvalue weighted by atomic mass is 79.9. The van der Waals surface area contributed by atoms with Crippen LogP contribution in [0.5, 0.6) is 0 Å². The third-order valence-electron chi connectivity index (χ3n) is 3.59. The van der Waals surface area contributed by atoms with Crippen LogP contribution in [0.15, 0.2) is 30.5 Å². The molecule has 0 amide bonds. The summed E-state index contributed by atoms with van der Waals surface area (Å²) < 4.78 is 0. The van der Waals surface area contributed by atoms with Gasteiger partial charge in [0.15, 0.2) is 0 Å². The Hall–Kier alpha value is -0.800. The Morgan fingerprint density at radius 2 is 2.11 bits per heavy atom. The molecular formula is C15H21BrN2. The summed E-state index contributed by atoms with van der Waals surface area (Å²) in [6.07, 6.45) is 3.26. The lowest BCUT2D eigenvalue weighted by Crippen LogP contribution is -2.35. The number of fused-ring (bicyclic) bond motifs is 1. The minimum Gasteiger partial charge on any atom is -0.361 e. The highest BCUT2D eigenvalue weighted by Crippen LogP contribution is 2.20. The van der Waals surface area contributed by atoms with Gasteiger partial charge in [0.2, 0.25) is 0 Å². The number of para-hydroxylation sites is 1. The highest BCUT2D eigenvalue weighted by molar-refractivity contribution is 9.09. The number of rotatable bonds is 6. The second-order valence-electron chi connectivity index (χ2n) is 4.73. The zero-order valence-corrected chi connectivity index (χ0v) is 12.7. The molecule has 2 aromatic rings. The van der Waals surface area contributed by atoms with Gasteiger partial charge in [0, 0.05) is 35.0 Å². The molecule has 0 saturated heterocycles. The standard InChI is InChI=1S/C15H21BrN2/c1-3-18(9-8-16)12(2)10-13-11-17-15-7-5-4-6-14(13)15/h4-7,11-12,17H,3,8-10H2,1-2H3. The number of aromatic amines is 1. The van der Waals surface area contributed by atoms with E-state index in [9.17, 15) is 0 Å². The average molecular weight is 309 g/mol. The van der Waals surface area contributed by atoms with E-state index >= 15 is 0 Å². The summed E-state index contributed by atoms with van der Waals surface area (Å²) in [5, 5.41) is 2.40. The molecular weight excluding hydrogens is 288 g/mol. The van der Waals surface area contributed by atoms with Gasteiger partial charge in [-0.2, -0.15) is 0 Å². The maximum Gasteiger partial charge on any atom is 0.0456 e. The van der Waals surface area contributed by atoms with Crippen molar-refractivity contribution in [2.75, 3.05) is 18.4 Å². The number of nitrogens with zero attached hydrogens (tertiary/aromatic N) is 1. The van der Waals surface area contributed by atoms with Gasteiger partial charge < -0.3 is 4.98 Å². The molecule has 1 unspecified atom stereocenters. The Morgan fingerprint density at radius 3 is 2.83 bits per heavy atom. The zero-order valence-electron chi connectivity index (χ0n) is 11.1. The molecule has 1 aromatic carbocycles. The first-order valence-electron chi connectivity index (χ1n) is 6.61. The second kappa shape index (κ2) is 6.39. The van der Waals surface area contributed by atoms with Gasteiger partial charge in [-0.15, -0.1) is 0 Å². The number of aromatic nitrogens is 1. The Balaban J connectivity index is 2.13. The van der Waals surface area contributed by atoms with Crippen LogP contribution in [0.2, 0.25) is 0 Å². The number of H-pyrrole nitrogens is 1. The first kappa shape index (κ1) is 13.6. The lowest BCUT2D eigenvalue weighted by molar-refractivity contribution is 0.233. The average Bonchev–Trinajstić information content (AvgIpc) is 2.79. The molecule has 2 rings (SSSR count). The molecule has 0 aliphatic rings. The van der Waals surface area contributed by atoms with Gasteiger partial charge in [-0.25, -0.2) is 0 Å². The highest BCUT2D eigenvalue weighted by Gasteiger charge is 2.13. The predicted octanol–water partition coefficient (Wildman–Crippen LogP) is 3.82. The van der Waals surface area contributed by atoms with Crippen LogP contribution in [-0.2, 0) is 6.42 Å². The van der Waals surface area contributed by atoms with Crippen molar-refractivity contribution in [3.63, 3.8) is 0 Å². The van der Waals surface area contributed by atoms with Gasteiger partial charge in [-0.05, 0) is 31.5 Å². The van der Waals surface area contributed by atoms with Crippen molar-refractivity contribution in [3.8, 4) is 0 Å². The number of hydrogen-bond donors (Lipinski definition) is 1. The van der Waals surface area contributed by atoms with Gasteiger partial charge in [0.05, 0.1) is 0 Å². The minimum atomic E-state index is 0.576. The van der Waals surface area contributed by atoms with E-state index in [2.05, 4.69) is 70.1 Å². The summed E-state index contributed by atoms with van der Waals surface area (Å²) in [7, 11) is 0. The SMILES string of the molecule is CCN(CCBr)C(C)Cc1c[nH]c2ccccc12. The van der Waals surface area contributed by atoms with Crippen molar-refractivity contribution in [2.45, 2.75) is 26.3 Å². The minimum absolute atomic E-state index is 0.576. The summed E-state index contributed by atoms with van der Waals surface area (Å²) in [5.41, 5.74) is 2.66. The van der Waals surface area contributed by atoms with Crippen molar-refractivity contribution >= 4 is 26.8 Å². The fourth-order valence-electron chi connectivity index (χ4n) is 2.55. The van der Waals surface area contributed by atoms with E-state index in [0.717, 1.165) is 24.8 Å². The summed E-state index contributed by atoms with van der Waals surface area (Å²) in [6, 6.07) is 9.11. The Kier molecular flexibility index (Phi) is 4.84. The van der Waals surface area contributed by atoms with Crippen LogP contribution >= 0.6 is 15.9 Å². The number of likely N-dealkylation sites (N-methyl/N-ethyl adjacent to an activating group) is 1. The van der Waals surface area contributed by atoms with Crippen molar-refractivity contribution in [3.05, 3.63) is 36.0 Å². The van der Waals surface area contributed by atoms with E-state index in [1.54, 1.807) is 0 Å². The van der Waals surface area contributed by atoms with Crippen LogP contribution in [0, 0.1) is 0 Å². The molecule has 0 radical (unpaired) electrons. The topological polar surface area (TPSA) is 19.0 Å². The molecule has 0 spiro atoms. The number of nitrogens with one attached hydrogen (secondary N) is 1. The van der Waals surface area contributed by atoms with Crippen LogP contribution in [-0.4, -0.2) is 34.3 Å². The third kappa shape index (κ3) is 2.96. The Bertz CT molecular complexity index is 492. The molecule has 0 aliphatic heterocycles. The maximum atomic E-state index is 3.53. The largest absolute Gasteiger partial charge is 0.361 e. The fourth-order valence-corrected chi connectivity index (χ4v) is 3.00. The molecule has 98 valence electrons.